The summed E-state index contributed by atoms with van der Waals surface area (Å²) < 4.78 is 10.7. The number of carbonyl (C=O) groups is 2. The summed E-state index contributed by atoms with van der Waals surface area (Å²) in [7, 11) is 1.61. The van der Waals surface area contributed by atoms with Crippen LogP contribution in [0.3, 0.4) is 0 Å². The van der Waals surface area contributed by atoms with Crippen molar-refractivity contribution in [2.24, 2.45) is 0 Å². The Labute approximate surface area is 176 Å². The molecule has 4 fully saturated rings. The zero-order chi connectivity index (χ0) is 20.9. The summed E-state index contributed by atoms with van der Waals surface area (Å²) >= 11 is 0. The van der Waals surface area contributed by atoms with E-state index in [1.807, 2.05) is 29.2 Å². The molecule has 1 aromatic carbocycles. The Balaban J connectivity index is 1.39. The Hall–Kier alpha value is -2.00. The van der Waals surface area contributed by atoms with Crippen molar-refractivity contribution >= 4 is 11.8 Å². The highest BCUT2D eigenvalue weighted by molar-refractivity contribution is 6.06. The van der Waals surface area contributed by atoms with Crippen LogP contribution < -0.4 is 4.74 Å². The van der Waals surface area contributed by atoms with Crippen LogP contribution in [0.15, 0.2) is 24.3 Å². The second kappa shape index (κ2) is 7.60. The number of fused-ring (bicyclic) bond motifs is 2. The van der Waals surface area contributed by atoms with Crippen molar-refractivity contribution in [3.63, 3.8) is 0 Å². The molecule has 0 radical (unpaired) electrons. The molecule has 2 amide bonds. The third-order valence-electron chi connectivity index (χ3n) is 7.16. The largest absolute Gasteiger partial charge is 0.497 e. The number of likely N-dealkylation sites (tertiary alicyclic amines) is 1. The Morgan fingerprint density at radius 3 is 2.53 bits per heavy atom. The van der Waals surface area contributed by atoms with Crippen molar-refractivity contribution < 1.29 is 24.2 Å². The molecule has 1 aromatic rings. The van der Waals surface area contributed by atoms with Gasteiger partial charge in [-0.15, -0.1) is 0 Å². The number of hydrogen-bond donors (Lipinski definition) is 1. The van der Waals surface area contributed by atoms with E-state index in [9.17, 15) is 14.7 Å². The topological polar surface area (TPSA) is 82.6 Å². The smallest absolute Gasteiger partial charge is 0.252 e. The minimum absolute atomic E-state index is 0.128. The number of ether oxygens (including phenoxy) is 2. The molecule has 0 aromatic heterocycles. The van der Waals surface area contributed by atoms with Gasteiger partial charge in [0, 0.05) is 38.9 Å². The Kier molecular flexibility index (Phi) is 5.05. The van der Waals surface area contributed by atoms with Crippen molar-refractivity contribution in [2.75, 3.05) is 40.0 Å². The number of aliphatic hydroxyl groups excluding tert-OH is 1. The number of hydrogen-bond acceptors (Lipinski definition) is 7. The average molecular weight is 415 g/mol. The van der Waals surface area contributed by atoms with Crippen LogP contribution in [0, 0.1) is 0 Å². The molecule has 0 aliphatic carbocycles. The highest BCUT2D eigenvalue weighted by atomic mass is 16.5. The van der Waals surface area contributed by atoms with Crippen LogP contribution >= 0.6 is 0 Å². The number of benzene rings is 1. The van der Waals surface area contributed by atoms with E-state index in [2.05, 4.69) is 4.90 Å². The van der Waals surface area contributed by atoms with Crippen LogP contribution in [0.5, 0.6) is 5.75 Å². The molecular weight excluding hydrogens is 386 g/mol. The number of β-amino-alcohol motifs (C(OH)–C–C–N with tert-alkyl or cyclic N) is 1. The SMILES string of the molecule is COc1ccc(CN2C(=O)C3CC(O)CN3C3(CN(C4CCOCC4)C3)C2=O)cc1. The fourth-order valence-corrected chi connectivity index (χ4v) is 5.49. The van der Waals surface area contributed by atoms with Gasteiger partial charge in [-0.25, -0.2) is 0 Å². The molecule has 1 N–H and O–H groups in total. The molecule has 4 saturated heterocycles. The van der Waals surface area contributed by atoms with Gasteiger partial charge in [-0.2, -0.15) is 0 Å². The third-order valence-corrected chi connectivity index (χ3v) is 7.16. The summed E-state index contributed by atoms with van der Waals surface area (Å²) in [6, 6.07) is 7.45. The van der Waals surface area contributed by atoms with Crippen LogP contribution in [-0.4, -0.2) is 95.3 Å². The van der Waals surface area contributed by atoms with E-state index in [-0.39, 0.29) is 18.4 Å². The monoisotopic (exact) mass is 415 g/mol. The number of methoxy groups -OCH3 is 1. The first-order valence-electron chi connectivity index (χ1n) is 10.8. The summed E-state index contributed by atoms with van der Waals surface area (Å²) in [5.41, 5.74) is 0.182. The molecule has 1 spiro atoms. The summed E-state index contributed by atoms with van der Waals surface area (Å²) in [5.74, 6) is 0.419. The number of amides is 2. The van der Waals surface area contributed by atoms with Crippen LogP contribution in [0.4, 0.5) is 0 Å². The molecule has 162 valence electrons. The Bertz CT molecular complexity index is 817. The van der Waals surface area contributed by atoms with Gasteiger partial charge in [0.2, 0.25) is 5.91 Å². The van der Waals surface area contributed by atoms with E-state index in [0.29, 0.717) is 32.1 Å². The lowest BCUT2D eigenvalue weighted by molar-refractivity contribution is -0.184. The van der Waals surface area contributed by atoms with Crippen molar-refractivity contribution in [1.82, 2.24) is 14.7 Å². The van der Waals surface area contributed by atoms with Gasteiger partial charge in [0.15, 0.2) is 0 Å². The fraction of sp³-hybridized carbons (Fsp3) is 0.636. The predicted molar refractivity (Wildman–Crippen MR) is 108 cm³/mol. The van der Waals surface area contributed by atoms with Gasteiger partial charge >= 0.3 is 0 Å². The summed E-state index contributed by atoms with van der Waals surface area (Å²) in [5, 5.41) is 10.3. The van der Waals surface area contributed by atoms with Crippen LogP contribution in [-0.2, 0) is 20.9 Å². The van der Waals surface area contributed by atoms with E-state index < -0.39 is 17.7 Å². The molecule has 30 heavy (non-hydrogen) atoms. The molecule has 8 heteroatoms. The molecule has 8 nitrogen and oxygen atoms in total. The number of imide groups is 1. The minimum atomic E-state index is -0.708. The maximum absolute atomic E-state index is 13.7. The maximum atomic E-state index is 13.7. The number of nitrogens with zero attached hydrogens (tertiary/aromatic N) is 3. The lowest BCUT2D eigenvalue weighted by atomic mass is 9.80. The van der Waals surface area contributed by atoms with Crippen LogP contribution in [0.25, 0.3) is 0 Å². The first-order chi connectivity index (χ1) is 14.5. The van der Waals surface area contributed by atoms with Crippen molar-refractivity contribution in [2.45, 2.75) is 49.5 Å². The molecule has 4 aliphatic rings. The average Bonchev–Trinajstić information content (AvgIpc) is 3.13. The van der Waals surface area contributed by atoms with Gasteiger partial charge in [-0.1, -0.05) is 12.1 Å². The van der Waals surface area contributed by atoms with Crippen LogP contribution in [0.2, 0.25) is 0 Å². The quantitative estimate of drug-likeness (QED) is 0.705. The maximum Gasteiger partial charge on any atom is 0.252 e. The van der Waals surface area contributed by atoms with Gasteiger partial charge < -0.3 is 14.6 Å². The van der Waals surface area contributed by atoms with E-state index in [4.69, 9.17) is 9.47 Å². The molecule has 2 atom stereocenters. The zero-order valence-corrected chi connectivity index (χ0v) is 17.3. The molecule has 0 saturated carbocycles. The Morgan fingerprint density at radius 1 is 1.17 bits per heavy atom. The molecule has 2 unspecified atom stereocenters. The molecular formula is C22H29N3O5. The predicted octanol–water partition coefficient (Wildman–Crippen LogP) is 0.233. The van der Waals surface area contributed by atoms with Crippen molar-refractivity contribution in [3.05, 3.63) is 29.8 Å². The van der Waals surface area contributed by atoms with Crippen molar-refractivity contribution in [1.29, 1.82) is 0 Å². The summed E-state index contributed by atoms with van der Waals surface area (Å²) in [6.07, 6.45) is 1.78. The van der Waals surface area contributed by atoms with E-state index >= 15 is 0 Å². The van der Waals surface area contributed by atoms with E-state index in [0.717, 1.165) is 37.4 Å². The lowest BCUT2D eigenvalue weighted by Crippen LogP contribution is -2.82. The highest BCUT2D eigenvalue weighted by Crippen LogP contribution is 2.42. The van der Waals surface area contributed by atoms with Crippen molar-refractivity contribution in [3.8, 4) is 5.75 Å². The number of rotatable bonds is 4. The molecule has 5 rings (SSSR count). The second-order valence-corrected chi connectivity index (χ2v) is 8.92. The molecule has 4 aliphatic heterocycles. The van der Waals surface area contributed by atoms with Gasteiger partial charge in [0.25, 0.3) is 5.91 Å². The normalized spacial score (nSPS) is 29.9. The highest BCUT2D eigenvalue weighted by Gasteiger charge is 2.64. The minimum Gasteiger partial charge on any atom is -0.497 e. The fourth-order valence-electron chi connectivity index (χ4n) is 5.49. The first kappa shape index (κ1) is 19.9. The number of aliphatic hydroxyl groups is 1. The summed E-state index contributed by atoms with van der Waals surface area (Å²) in [4.78, 5) is 32.6. The lowest BCUT2D eigenvalue weighted by Gasteiger charge is -2.60. The van der Waals surface area contributed by atoms with Gasteiger partial charge in [0.1, 0.15) is 11.3 Å². The van der Waals surface area contributed by atoms with E-state index in [1.165, 1.54) is 4.90 Å². The summed E-state index contributed by atoms with van der Waals surface area (Å²) in [6.45, 7) is 3.39. The first-order valence-corrected chi connectivity index (χ1v) is 10.8. The van der Waals surface area contributed by atoms with Crippen LogP contribution in [0.1, 0.15) is 24.8 Å². The zero-order valence-electron chi connectivity index (χ0n) is 17.3. The second-order valence-electron chi connectivity index (χ2n) is 8.92. The standard InChI is InChI=1S/C22H29N3O5/c1-29-18-4-2-15(3-5-18)11-24-20(27)19-10-17(26)12-25(19)22(21(24)28)13-23(14-22)16-6-8-30-9-7-16/h2-5,16-17,19,26H,6-14H2,1H3. The third kappa shape index (κ3) is 3.13. The number of piperazine rings is 1. The molecule has 0 bridgehead atoms. The number of carbonyl (C=O) groups excluding carboxylic acids is 2. The van der Waals surface area contributed by atoms with Gasteiger partial charge in [0.05, 0.1) is 25.8 Å². The molecule has 4 heterocycles. The Morgan fingerprint density at radius 2 is 1.87 bits per heavy atom. The van der Waals surface area contributed by atoms with Gasteiger partial charge in [-0.3, -0.25) is 24.3 Å². The van der Waals surface area contributed by atoms with Gasteiger partial charge in [-0.05, 0) is 37.0 Å². The van der Waals surface area contributed by atoms with E-state index in [1.54, 1.807) is 7.11 Å².